The molecule has 0 radical (unpaired) electrons. The normalized spacial score (nSPS) is 19.1. The van der Waals surface area contributed by atoms with Gasteiger partial charge in [-0.15, -0.1) is 0 Å². The Bertz CT molecular complexity index is 393. The molecule has 1 aromatic rings. The molecule has 0 heterocycles. The Morgan fingerprint density at radius 3 is 2.76 bits per heavy atom. The molecule has 0 aromatic heterocycles. The van der Waals surface area contributed by atoms with Gasteiger partial charge in [0.05, 0.1) is 12.2 Å². The van der Waals surface area contributed by atoms with Crippen LogP contribution in [-0.4, -0.2) is 24.4 Å². The van der Waals surface area contributed by atoms with Gasteiger partial charge in [-0.3, -0.25) is 0 Å². The zero-order chi connectivity index (χ0) is 12.4. The fourth-order valence-electron chi connectivity index (χ4n) is 2.12. The van der Waals surface area contributed by atoms with Crippen molar-refractivity contribution < 1.29 is 14.2 Å². The average Bonchev–Trinajstić information content (AvgIpc) is 3.08. The Kier molecular flexibility index (Phi) is 4.02. The van der Waals surface area contributed by atoms with Crippen LogP contribution < -0.4 is 0 Å². The van der Waals surface area contributed by atoms with E-state index in [1.165, 1.54) is 6.07 Å². The topological polar surface area (TPSA) is 29.5 Å². The van der Waals surface area contributed by atoms with Crippen molar-refractivity contribution in [2.45, 2.75) is 31.5 Å². The largest absolute Gasteiger partial charge is 0.390 e. The Labute approximate surface area is 105 Å². The summed E-state index contributed by atoms with van der Waals surface area (Å²) >= 11 is 5.68. The summed E-state index contributed by atoms with van der Waals surface area (Å²) in [5, 5.41) is 10.4. The Balaban J connectivity index is 2.03. The van der Waals surface area contributed by atoms with Crippen LogP contribution in [0.5, 0.6) is 0 Å². The fraction of sp³-hybridized carbons (Fsp3) is 0.538. The predicted molar refractivity (Wildman–Crippen MR) is 64.6 cm³/mol. The van der Waals surface area contributed by atoms with E-state index in [0.717, 1.165) is 12.8 Å². The number of aliphatic hydroxyl groups is 1. The number of aliphatic hydroxyl groups excluding tert-OH is 1. The number of benzene rings is 1. The van der Waals surface area contributed by atoms with Crippen LogP contribution in [0.25, 0.3) is 0 Å². The van der Waals surface area contributed by atoms with Crippen molar-refractivity contribution in [2.75, 3.05) is 7.11 Å². The second-order valence-electron chi connectivity index (χ2n) is 4.54. The molecule has 4 heteroatoms. The highest BCUT2D eigenvalue weighted by Crippen LogP contribution is 2.36. The number of hydrogen-bond acceptors (Lipinski definition) is 2. The lowest BCUT2D eigenvalue weighted by Gasteiger charge is -2.21. The van der Waals surface area contributed by atoms with Crippen LogP contribution in [0.3, 0.4) is 0 Å². The van der Waals surface area contributed by atoms with Crippen LogP contribution in [0, 0.1) is 11.7 Å². The van der Waals surface area contributed by atoms with Gasteiger partial charge in [0.15, 0.2) is 0 Å². The van der Waals surface area contributed by atoms with Gasteiger partial charge in [-0.05, 0) is 36.5 Å². The monoisotopic (exact) mass is 258 g/mol. The summed E-state index contributed by atoms with van der Waals surface area (Å²) in [7, 11) is 1.59. The molecule has 0 aliphatic heterocycles. The van der Waals surface area contributed by atoms with Crippen LogP contribution in [0.1, 0.15) is 18.4 Å². The number of ether oxygens (including phenoxy) is 1. The molecule has 0 bridgehead atoms. The lowest BCUT2D eigenvalue weighted by atomic mass is 10.0. The number of rotatable bonds is 5. The molecule has 0 spiro atoms. The highest BCUT2D eigenvalue weighted by atomic mass is 35.5. The van der Waals surface area contributed by atoms with Crippen LogP contribution in [0.4, 0.5) is 4.39 Å². The summed E-state index contributed by atoms with van der Waals surface area (Å²) in [4.78, 5) is 0. The molecule has 2 atom stereocenters. The SMILES string of the molecule is COC(C(O)Cc1ccc(Cl)cc1F)C1CC1. The molecule has 17 heavy (non-hydrogen) atoms. The highest BCUT2D eigenvalue weighted by molar-refractivity contribution is 6.30. The van der Waals surface area contributed by atoms with E-state index in [0.29, 0.717) is 16.5 Å². The van der Waals surface area contributed by atoms with E-state index < -0.39 is 6.10 Å². The average molecular weight is 259 g/mol. The maximum absolute atomic E-state index is 13.6. The standard InChI is InChI=1S/C13H16ClFO2/c1-17-13(8-2-3-8)12(16)6-9-4-5-10(14)7-11(9)15/h4-5,7-8,12-13,16H,2-3,6H2,1H3. The van der Waals surface area contributed by atoms with Crippen molar-refractivity contribution >= 4 is 11.6 Å². The minimum Gasteiger partial charge on any atom is -0.390 e. The van der Waals surface area contributed by atoms with Crippen LogP contribution in [0.2, 0.25) is 5.02 Å². The van der Waals surface area contributed by atoms with Crippen molar-refractivity contribution in [3.05, 3.63) is 34.6 Å². The van der Waals surface area contributed by atoms with Crippen molar-refractivity contribution in [2.24, 2.45) is 5.92 Å². The van der Waals surface area contributed by atoms with E-state index in [2.05, 4.69) is 0 Å². The summed E-state index contributed by atoms with van der Waals surface area (Å²) in [6.45, 7) is 0. The lowest BCUT2D eigenvalue weighted by molar-refractivity contribution is -0.0240. The van der Waals surface area contributed by atoms with Gasteiger partial charge in [-0.2, -0.15) is 0 Å². The molecule has 1 N–H and O–H groups in total. The third-order valence-electron chi connectivity index (χ3n) is 3.18. The Morgan fingerprint density at radius 2 is 2.24 bits per heavy atom. The van der Waals surface area contributed by atoms with Crippen LogP contribution in [0.15, 0.2) is 18.2 Å². The molecule has 94 valence electrons. The highest BCUT2D eigenvalue weighted by Gasteiger charge is 2.36. The van der Waals surface area contributed by atoms with E-state index in [4.69, 9.17) is 16.3 Å². The molecule has 1 fully saturated rings. The zero-order valence-corrected chi connectivity index (χ0v) is 10.5. The predicted octanol–water partition coefficient (Wildman–Crippen LogP) is 2.81. The maximum atomic E-state index is 13.6. The molecule has 2 unspecified atom stereocenters. The van der Waals surface area contributed by atoms with Gasteiger partial charge in [-0.25, -0.2) is 4.39 Å². The molecule has 1 aromatic carbocycles. The minimum atomic E-state index is -0.664. The molecule has 2 rings (SSSR count). The number of hydrogen-bond donors (Lipinski definition) is 1. The first-order chi connectivity index (χ1) is 8.11. The number of methoxy groups -OCH3 is 1. The molecule has 0 saturated heterocycles. The first kappa shape index (κ1) is 12.8. The van der Waals surface area contributed by atoms with Crippen LogP contribution >= 0.6 is 11.6 Å². The molecule has 1 aliphatic rings. The summed E-state index contributed by atoms with van der Waals surface area (Å²) in [5.41, 5.74) is 0.476. The first-order valence-electron chi connectivity index (χ1n) is 5.76. The summed E-state index contributed by atoms with van der Waals surface area (Å²) in [6.07, 6.45) is 1.57. The van der Waals surface area contributed by atoms with E-state index in [-0.39, 0.29) is 18.3 Å². The fourth-order valence-corrected chi connectivity index (χ4v) is 2.28. The van der Waals surface area contributed by atoms with E-state index in [9.17, 15) is 9.50 Å². The molecule has 2 nitrogen and oxygen atoms in total. The quantitative estimate of drug-likeness (QED) is 0.880. The van der Waals surface area contributed by atoms with E-state index in [1.54, 1.807) is 19.2 Å². The second-order valence-corrected chi connectivity index (χ2v) is 4.98. The first-order valence-corrected chi connectivity index (χ1v) is 6.14. The van der Waals surface area contributed by atoms with Crippen molar-refractivity contribution in [3.63, 3.8) is 0 Å². The van der Waals surface area contributed by atoms with Gasteiger partial charge in [-0.1, -0.05) is 17.7 Å². The second kappa shape index (κ2) is 5.34. The minimum absolute atomic E-state index is 0.190. The van der Waals surface area contributed by atoms with Gasteiger partial charge in [0, 0.05) is 18.6 Å². The van der Waals surface area contributed by atoms with E-state index in [1.807, 2.05) is 0 Å². The van der Waals surface area contributed by atoms with Gasteiger partial charge in [0.2, 0.25) is 0 Å². The Hall–Kier alpha value is -0.640. The summed E-state index contributed by atoms with van der Waals surface area (Å²) in [6, 6.07) is 4.51. The Morgan fingerprint density at radius 1 is 1.53 bits per heavy atom. The lowest BCUT2D eigenvalue weighted by Crippen LogP contribution is -2.32. The zero-order valence-electron chi connectivity index (χ0n) is 9.70. The smallest absolute Gasteiger partial charge is 0.127 e. The van der Waals surface area contributed by atoms with Crippen molar-refractivity contribution in [1.82, 2.24) is 0 Å². The van der Waals surface area contributed by atoms with Crippen molar-refractivity contribution in [3.8, 4) is 0 Å². The van der Waals surface area contributed by atoms with Gasteiger partial charge >= 0.3 is 0 Å². The summed E-state index contributed by atoms with van der Waals surface area (Å²) in [5.74, 6) is 0.0487. The number of halogens is 2. The van der Waals surface area contributed by atoms with Crippen molar-refractivity contribution in [1.29, 1.82) is 0 Å². The third kappa shape index (κ3) is 3.18. The van der Waals surface area contributed by atoms with Gasteiger partial charge in [0.1, 0.15) is 5.82 Å². The molecule has 0 amide bonds. The molecular weight excluding hydrogens is 243 g/mol. The molecule has 1 saturated carbocycles. The van der Waals surface area contributed by atoms with Crippen LogP contribution in [-0.2, 0) is 11.2 Å². The third-order valence-corrected chi connectivity index (χ3v) is 3.42. The maximum Gasteiger partial charge on any atom is 0.127 e. The molecule has 1 aliphatic carbocycles. The van der Waals surface area contributed by atoms with Gasteiger partial charge in [0.25, 0.3) is 0 Å². The summed E-state index contributed by atoms with van der Waals surface area (Å²) < 4.78 is 18.8. The van der Waals surface area contributed by atoms with E-state index >= 15 is 0 Å². The molecular formula is C13H16ClFO2. The van der Waals surface area contributed by atoms with Gasteiger partial charge < -0.3 is 9.84 Å².